The van der Waals surface area contributed by atoms with Crippen LogP contribution in [0.3, 0.4) is 0 Å². The molecular formula is C20H30N4O2. The first kappa shape index (κ1) is 20.1. The van der Waals surface area contributed by atoms with Crippen molar-refractivity contribution in [3.05, 3.63) is 39.9 Å². The highest BCUT2D eigenvalue weighted by molar-refractivity contribution is 5.97. The monoisotopic (exact) mass is 358 g/mol. The number of amides is 1. The Bertz CT molecular complexity index is 801. The second-order valence-electron chi connectivity index (χ2n) is 7.67. The van der Waals surface area contributed by atoms with Gasteiger partial charge in [0.1, 0.15) is 5.56 Å². The summed E-state index contributed by atoms with van der Waals surface area (Å²) >= 11 is 0. The molecule has 2 N–H and O–H groups in total. The summed E-state index contributed by atoms with van der Waals surface area (Å²) in [5.74, 6) is 0.803. The first-order valence-electron chi connectivity index (χ1n) is 9.27. The van der Waals surface area contributed by atoms with Crippen molar-refractivity contribution < 1.29 is 4.79 Å². The molecular weight excluding hydrogens is 328 g/mol. The Morgan fingerprint density at radius 1 is 1.23 bits per heavy atom. The predicted octanol–water partition coefficient (Wildman–Crippen LogP) is 2.58. The van der Waals surface area contributed by atoms with E-state index in [-0.39, 0.29) is 17.0 Å². The average molecular weight is 358 g/mol. The van der Waals surface area contributed by atoms with E-state index in [4.69, 9.17) is 0 Å². The van der Waals surface area contributed by atoms with Gasteiger partial charge in [0.05, 0.1) is 5.52 Å². The first-order valence-corrected chi connectivity index (χ1v) is 9.27. The molecule has 1 amide bonds. The van der Waals surface area contributed by atoms with E-state index in [0.29, 0.717) is 23.9 Å². The summed E-state index contributed by atoms with van der Waals surface area (Å²) in [5.41, 5.74) is 1.24. The standard InChI is InChI=1S/C20H30N4O2/c1-13(2)11-24(12-14(3)4)9-8-22-19(25)17-10-16-15(5)21-7-6-18(16)23-20(17)26/h6-7,10,13-14H,8-9,11-12H2,1-5H3,(H,22,25)(H,23,26). The number of hydrogen-bond acceptors (Lipinski definition) is 4. The predicted molar refractivity (Wildman–Crippen MR) is 106 cm³/mol. The molecule has 26 heavy (non-hydrogen) atoms. The molecule has 0 aliphatic heterocycles. The highest BCUT2D eigenvalue weighted by atomic mass is 16.2. The number of carbonyl (C=O) groups is 1. The van der Waals surface area contributed by atoms with Crippen molar-refractivity contribution in [3.8, 4) is 0 Å². The summed E-state index contributed by atoms with van der Waals surface area (Å²) in [6.07, 6.45) is 1.64. The lowest BCUT2D eigenvalue weighted by Gasteiger charge is -2.26. The van der Waals surface area contributed by atoms with Crippen molar-refractivity contribution in [2.75, 3.05) is 26.2 Å². The van der Waals surface area contributed by atoms with Gasteiger partial charge in [-0.15, -0.1) is 0 Å². The second kappa shape index (κ2) is 8.94. The number of pyridine rings is 2. The molecule has 0 aliphatic carbocycles. The Morgan fingerprint density at radius 3 is 2.50 bits per heavy atom. The number of H-pyrrole nitrogens is 1. The third-order valence-corrected chi connectivity index (χ3v) is 4.18. The zero-order valence-electron chi connectivity index (χ0n) is 16.4. The van der Waals surface area contributed by atoms with Gasteiger partial charge in [0, 0.05) is 43.5 Å². The van der Waals surface area contributed by atoms with Gasteiger partial charge in [-0.25, -0.2) is 0 Å². The van der Waals surface area contributed by atoms with Gasteiger partial charge in [-0.05, 0) is 30.9 Å². The largest absolute Gasteiger partial charge is 0.351 e. The van der Waals surface area contributed by atoms with Gasteiger partial charge in [0.25, 0.3) is 11.5 Å². The molecule has 2 aromatic rings. The molecule has 2 heterocycles. The van der Waals surface area contributed by atoms with Gasteiger partial charge < -0.3 is 15.2 Å². The Labute approximate surface area is 155 Å². The van der Waals surface area contributed by atoms with E-state index in [9.17, 15) is 9.59 Å². The minimum absolute atomic E-state index is 0.132. The van der Waals surface area contributed by atoms with Gasteiger partial charge in [-0.2, -0.15) is 0 Å². The molecule has 0 aliphatic rings. The summed E-state index contributed by atoms with van der Waals surface area (Å²) in [4.78, 5) is 34.0. The van der Waals surface area contributed by atoms with Crippen LogP contribution >= 0.6 is 0 Å². The fourth-order valence-electron chi connectivity index (χ4n) is 3.15. The van der Waals surface area contributed by atoms with Gasteiger partial charge in [0.2, 0.25) is 0 Å². The summed E-state index contributed by atoms with van der Waals surface area (Å²) in [7, 11) is 0. The molecule has 6 heteroatoms. The number of nitrogens with one attached hydrogen (secondary N) is 2. The highest BCUT2D eigenvalue weighted by Gasteiger charge is 2.14. The summed E-state index contributed by atoms with van der Waals surface area (Å²) in [6.45, 7) is 13.9. The maximum atomic E-state index is 12.5. The van der Waals surface area contributed by atoms with E-state index in [1.807, 2.05) is 6.92 Å². The van der Waals surface area contributed by atoms with Gasteiger partial charge in [0.15, 0.2) is 0 Å². The van der Waals surface area contributed by atoms with Crippen LogP contribution in [-0.4, -0.2) is 47.0 Å². The number of nitrogens with zero attached hydrogens (tertiary/aromatic N) is 2. The lowest BCUT2D eigenvalue weighted by atomic mass is 10.1. The van der Waals surface area contributed by atoms with E-state index < -0.39 is 0 Å². The molecule has 0 spiro atoms. The van der Waals surface area contributed by atoms with Gasteiger partial charge in [-0.3, -0.25) is 14.6 Å². The van der Waals surface area contributed by atoms with Crippen LogP contribution in [-0.2, 0) is 0 Å². The molecule has 6 nitrogen and oxygen atoms in total. The third kappa shape index (κ3) is 5.39. The number of rotatable bonds is 8. The Balaban J connectivity index is 2.05. The molecule has 2 aromatic heterocycles. The van der Waals surface area contributed by atoms with Crippen molar-refractivity contribution in [2.24, 2.45) is 11.8 Å². The van der Waals surface area contributed by atoms with Crippen molar-refractivity contribution in [1.29, 1.82) is 0 Å². The normalized spacial score (nSPS) is 11.7. The van der Waals surface area contributed by atoms with Crippen molar-refractivity contribution >= 4 is 16.8 Å². The SMILES string of the molecule is Cc1nccc2[nH]c(=O)c(C(=O)NCCN(CC(C)C)CC(C)C)cc12. The molecule has 0 atom stereocenters. The van der Waals surface area contributed by atoms with Gasteiger partial charge >= 0.3 is 0 Å². The first-order chi connectivity index (χ1) is 12.3. The van der Waals surface area contributed by atoms with E-state index >= 15 is 0 Å². The second-order valence-corrected chi connectivity index (χ2v) is 7.67. The van der Waals surface area contributed by atoms with Crippen molar-refractivity contribution in [2.45, 2.75) is 34.6 Å². The minimum atomic E-state index is -0.373. The number of fused-ring (bicyclic) bond motifs is 1. The van der Waals surface area contributed by atoms with E-state index in [1.54, 1.807) is 18.3 Å². The molecule has 142 valence electrons. The number of hydrogen-bond donors (Lipinski definition) is 2. The Morgan fingerprint density at radius 2 is 1.88 bits per heavy atom. The fourth-order valence-corrected chi connectivity index (χ4v) is 3.15. The van der Waals surface area contributed by atoms with Crippen LogP contribution in [0.25, 0.3) is 10.9 Å². The van der Waals surface area contributed by atoms with E-state index in [2.05, 4.69) is 47.9 Å². The quantitative estimate of drug-likeness (QED) is 0.760. The summed E-state index contributed by atoms with van der Waals surface area (Å²) < 4.78 is 0. The zero-order chi connectivity index (χ0) is 19.3. The van der Waals surface area contributed by atoms with Crippen LogP contribution in [0.2, 0.25) is 0 Å². The van der Waals surface area contributed by atoms with Crippen LogP contribution in [0.1, 0.15) is 43.7 Å². The molecule has 0 bridgehead atoms. The topological polar surface area (TPSA) is 78.1 Å². The smallest absolute Gasteiger partial charge is 0.261 e. The van der Waals surface area contributed by atoms with Crippen molar-refractivity contribution in [1.82, 2.24) is 20.2 Å². The molecule has 0 unspecified atom stereocenters. The average Bonchev–Trinajstić information content (AvgIpc) is 2.53. The molecule has 0 saturated carbocycles. The van der Waals surface area contributed by atoms with Crippen LogP contribution in [0.5, 0.6) is 0 Å². The minimum Gasteiger partial charge on any atom is -0.351 e. The maximum Gasteiger partial charge on any atom is 0.261 e. The molecule has 0 saturated heterocycles. The van der Waals surface area contributed by atoms with Crippen LogP contribution < -0.4 is 10.9 Å². The van der Waals surface area contributed by atoms with Crippen LogP contribution in [0, 0.1) is 18.8 Å². The number of aryl methyl sites for hydroxylation is 1. The fraction of sp³-hybridized carbons (Fsp3) is 0.550. The van der Waals surface area contributed by atoms with E-state index in [0.717, 1.165) is 30.7 Å². The number of aromatic nitrogens is 2. The van der Waals surface area contributed by atoms with Crippen LogP contribution in [0.4, 0.5) is 0 Å². The molecule has 0 fully saturated rings. The molecule has 2 rings (SSSR count). The lowest BCUT2D eigenvalue weighted by molar-refractivity contribution is 0.0945. The summed E-state index contributed by atoms with van der Waals surface area (Å²) in [6, 6.07) is 3.37. The lowest BCUT2D eigenvalue weighted by Crippen LogP contribution is -2.39. The zero-order valence-corrected chi connectivity index (χ0v) is 16.4. The Kier molecular flexibility index (Phi) is 6.91. The van der Waals surface area contributed by atoms with Crippen LogP contribution in [0.15, 0.2) is 23.1 Å². The van der Waals surface area contributed by atoms with Gasteiger partial charge in [-0.1, -0.05) is 27.7 Å². The Hall–Kier alpha value is -2.21. The van der Waals surface area contributed by atoms with E-state index in [1.165, 1.54) is 0 Å². The third-order valence-electron chi connectivity index (χ3n) is 4.18. The summed E-state index contributed by atoms with van der Waals surface area (Å²) in [5, 5.41) is 3.67. The van der Waals surface area contributed by atoms with Crippen molar-refractivity contribution in [3.63, 3.8) is 0 Å². The molecule has 0 aromatic carbocycles. The molecule has 0 radical (unpaired) electrons. The highest BCUT2D eigenvalue weighted by Crippen LogP contribution is 2.13. The number of carbonyl (C=O) groups excluding carboxylic acids is 1. The maximum absolute atomic E-state index is 12.5. The number of aromatic amines is 1.